The molecular formula is C26H23F3IN5O. The number of alkyl halides is 4. The number of carbonyl (C=O) groups is 1. The second-order valence-electron chi connectivity index (χ2n) is 8.36. The molecular weight excluding hydrogens is 582 g/mol. The SMILES string of the molecule is CN1CCN(c2ccc(C(=O)Nc3ccc(CI)c(C#Cc4ccnnc4)c3)cc2C(F)(F)F)CC1. The first-order chi connectivity index (χ1) is 17.2. The summed E-state index contributed by atoms with van der Waals surface area (Å²) >= 11 is 2.22. The van der Waals surface area contributed by atoms with Gasteiger partial charge in [0, 0.05) is 58.7 Å². The predicted molar refractivity (Wildman–Crippen MR) is 141 cm³/mol. The second-order valence-corrected chi connectivity index (χ2v) is 9.12. The molecule has 6 nitrogen and oxygen atoms in total. The van der Waals surface area contributed by atoms with Gasteiger partial charge < -0.3 is 15.1 Å². The van der Waals surface area contributed by atoms with Crippen molar-refractivity contribution >= 4 is 39.9 Å². The van der Waals surface area contributed by atoms with Gasteiger partial charge in [-0.05, 0) is 49.0 Å². The molecule has 0 saturated carbocycles. The van der Waals surface area contributed by atoms with Crippen molar-refractivity contribution < 1.29 is 18.0 Å². The third-order valence-corrected chi connectivity index (χ3v) is 6.67. The van der Waals surface area contributed by atoms with E-state index in [1.165, 1.54) is 12.1 Å². The lowest BCUT2D eigenvalue weighted by molar-refractivity contribution is -0.137. The highest BCUT2D eigenvalue weighted by molar-refractivity contribution is 14.1. The van der Waals surface area contributed by atoms with Crippen molar-refractivity contribution in [2.75, 3.05) is 43.4 Å². The number of nitrogens with one attached hydrogen (secondary N) is 1. The van der Waals surface area contributed by atoms with Crippen LogP contribution < -0.4 is 10.2 Å². The molecule has 0 radical (unpaired) electrons. The Hall–Kier alpha value is -3.17. The van der Waals surface area contributed by atoms with Gasteiger partial charge in [0.25, 0.3) is 5.91 Å². The molecule has 1 aliphatic heterocycles. The zero-order valence-corrected chi connectivity index (χ0v) is 21.6. The van der Waals surface area contributed by atoms with Crippen LogP contribution in [-0.4, -0.2) is 54.2 Å². The fourth-order valence-electron chi connectivity index (χ4n) is 3.82. The summed E-state index contributed by atoms with van der Waals surface area (Å²) in [7, 11) is 1.94. The Balaban J connectivity index is 1.58. The molecule has 10 heteroatoms. The molecule has 0 aliphatic carbocycles. The maximum Gasteiger partial charge on any atom is 0.418 e. The van der Waals surface area contributed by atoms with Gasteiger partial charge in [-0.1, -0.05) is 40.5 Å². The lowest BCUT2D eigenvalue weighted by Crippen LogP contribution is -2.45. The molecule has 1 aliphatic rings. The van der Waals surface area contributed by atoms with Crippen molar-refractivity contribution in [2.24, 2.45) is 0 Å². The Morgan fingerprint density at radius 1 is 1.06 bits per heavy atom. The highest BCUT2D eigenvalue weighted by Crippen LogP contribution is 2.37. The number of nitrogens with zero attached hydrogens (tertiary/aromatic N) is 4. The minimum absolute atomic E-state index is 0.0614. The number of hydrogen-bond donors (Lipinski definition) is 1. The Bertz CT molecular complexity index is 1300. The standard InChI is InChI=1S/C26H23F3IN5O/c1-34-10-12-35(13-11-34)24-7-5-20(15-23(24)26(27,28)29)25(36)33-22-6-4-21(16-30)19(14-22)3-2-18-8-9-31-32-17-18/h4-9,14-15,17H,10-13,16H2,1H3,(H,33,36). The first-order valence-corrected chi connectivity index (χ1v) is 12.7. The second kappa shape index (κ2) is 11.3. The van der Waals surface area contributed by atoms with Gasteiger partial charge in [0.1, 0.15) is 0 Å². The minimum Gasteiger partial charge on any atom is -0.368 e. The number of benzene rings is 2. The number of halogens is 4. The average Bonchev–Trinajstić information content (AvgIpc) is 2.88. The molecule has 1 amide bonds. The van der Waals surface area contributed by atoms with E-state index in [1.54, 1.807) is 35.5 Å². The molecule has 0 atom stereocenters. The van der Waals surface area contributed by atoms with Crippen molar-refractivity contribution in [3.05, 3.63) is 82.7 Å². The summed E-state index contributed by atoms with van der Waals surface area (Å²) in [6, 6.07) is 10.8. The summed E-state index contributed by atoms with van der Waals surface area (Å²) in [6.07, 6.45) is -1.49. The van der Waals surface area contributed by atoms with Crippen molar-refractivity contribution in [3.63, 3.8) is 0 Å². The van der Waals surface area contributed by atoms with Crippen LogP contribution in [0, 0.1) is 11.8 Å². The van der Waals surface area contributed by atoms with Crippen molar-refractivity contribution in [3.8, 4) is 11.8 Å². The summed E-state index contributed by atoms with van der Waals surface area (Å²) in [5, 5.41) is 10.2. The average molecular weight is 605 g/mol. The maximum atomic E-state index is 13.9. The molecule has 1 fully saturated rings. The van der Waals surface area contributed by atoms with Crippen LogP contribution in [0.4, 0.5) is 24.5 Å². The van der Waals surface area contributed by atoms with Crippen LogP contribution in [0.2, 0.25) is 0 Å². The Kier molecular flexibility index (Phi) is 8.11. The van der Waals surface area contributed by atoms with Crippen molar-refractivity contribution in [2.45, 2.75) is 10.6 Å². The normalized spacial score (nSPS) is 14.2. The van der Waals surface area contributed by atoms with Crippen LogP contribution in [0.5, 0.6) is 0 Å². The molecule has 2 aromatic carbocycles. The molecule has 0 bridgehead atoms. The molecule has 1 aromatic heterocycles. The van der Waals surface area contributed by atoms with Crippen LogP contribution in [0.15, 0.2) is 54.9 Å². The van der Waals surface area contributed by atoms with Gasteiger partial charge in [0.15, 0.2) is 0 Å². The topological polar surface area (TPSA) is 61.4 Å². The Morgan fingerprint density at radius 3 is 2.50 bits per heavy atom. The molecule has 4 rings (SSSR count). The zero-order valence-electron chi connectivity index (χ0n) is 19.4. The highest BCUT2D eigenvalue weighted by atomic mass is 127. The van der Waals surface area contributed by atoms with Gasteiger partial charge in [0.05, 0.1) is 18.0 Å². The van der Waals surface area contributed by atoms with E-state index in [2.05, 4.69) is 54.8 Å². The van der Waals surface area contributed by atoms with E-state index in [9.17, 15) is 18.0 Å². The number of piperazine rings is 1. The number of carbonyl (C=O) groups excluding carboxylic acids is 1. The lowest BCUT2D eigenvalue weighted by Gasteiger charge is -2.35. The van der Waals surface area contributed by atoms with E-state index in [0.717, 1.165) is 11.6 Å². The summed E-state index contributed by atoms with van der Waals surface area (Å²) in [5.74, 6) is 5.47. The smallest absolute Gasteiger partial charge is 0.368 e. The van der Waals surface area contributed by atoms with Gasteiger partial charge in [-0.3, -0.25) is 4.79 Å². The van der Waals surface area contributed by atoms with Gasteiger partial charge >= 0.3 is 6.18 Å². The first-order valence-electron chi connectivity index (χ1n) is 11.2. The van der Waals surface area contributed by atoms with Gasteiger partial charge in [-0.25, -0.2) is 0 Å². The number of amides is 1. The molecule has 2 heterocycles. The number of likely N-dealkylation sites (N-methyl/N-ethyl adjacent to an activating group) is 1. The molecule has 0 spiro atoms. The molecule has 3 aromatic rings. The Morgan fingerprint density at radius 2 is 1.83 bits per heavy atom. The van der Waals surface area contributed by atoms with Crippen LogP contribution in [0.3, 0.4) is 0 Å². The third kappa shape index (κ3) is 6.33. The van der Waals surface area contributed by atoms with Crippen LogP contribution in [-0.2, 0) is 10.6 Å². The van der Waals surface area contributed by atoms with Crippen molar-refractivity contribution in [1.29, 1.82) is 0 Å². The number of aromatic nitrogens is 2. The van der Waals surface area contributed by atoms with E-state index >= 15 is 0 Å². The van der Waals surface area contributed by atoms with Gasteiger partial charge in [-0.15, -0.1) is 0 Å². The Labute approximate surface area is 221 Å². The zero-order chi connectivity index (χ0) is 25.7. The lowest BCUT2D eigenvalue weighted by atomic mass is 10.0. The predicted octanol–water partition coefficient (Wildman–Crippen LogP) is 4.83. The fourth-order valence-corrected chi connectivity index (χ4v) is 4.49. The number of rotatable bonds is 4. The van der Waals surface area contributed by atoms with Crippen LogP contribution >= 0.6 is 22.6 Å². The number of anilines is 2. The molecule has 36 heavy (non-hydrogen) atoms. The van der Waals surface area contributed by atoms with E-state index in [-0.39, 0.29) is 11.3 Å². The molecule has 186 valence electrons. The van der Waals surface area contributed by atoms with E-state index in [1.807, 2.05) is 13.1 Å². The summed E-state index contributed by atoms with van der Waals surface area (Å²) in [6.45, 7) is 2.34. The van der Waals surface area contributed by atoms with E-state index in [0.29, 0.717) is 47.4 Å². The summed E-state index contributed by atoms with van der Waals surface area (Å²) < 4.78 is 42.5. The number of hydrogen-bond acceptors (Lipinski definition) is 5. The first kappa shape index (κ1) is 25.9. The van der Waals surface area contributed by atoms with E-state index in [4.69, 9.17) is 0 Å². The van der Waals surface area contributed by atoms with Crippen LogP contribution in [0.1, 0.15) is 32.6 Å². The van der Waals surface area contributed by atoms with Crippen molar-refractivity contribution in [1.82, 2.24) is 15.1 Å². The summed E-state index contributed by atoms with van der Waals surface area (Å²) in [5.41, 5.74) is 2.05. The molecule has 1 saturated heterocycles. The minimum atomic E-state index is -4.58. The largest absolute Gasteiger partial charge is 0.418 e. The van der Waals surface area contributed by atoms with Gasteiger partial charge in [-0.2, -0.15) is 23.4 Å². The maximum absolute atomic E-state index is 13.9. The fraction of sp³-hybridized carbons (Fsp3) is 0.269. The van der Waals surface area contributed by atoms with E-state index < -0.39 is 17.6 Å². The quantitative estimate of drug-likeness (QED) is 0.262. The highest BCUT2D eigenvalue weighted by Gasteiger charge is 2.36. The summed E-state index contributed by atoms with van der Waals surface area (Å²) in [4.78, 5) is 16.7. The van der Waals surface area contributed by atoms with Crippen LogP contribution in [0.25, 0.3) is 0 Å². The monoisotopic (exact) mass is 605 g/mol. The molecule has 1 N–H and O–H groups in total. The van der Waals surface area contributed by atoms with Gasteiger partial charge in [0.2, 0.25) is 0 Å². The molecule has 0 unspecified atom stereocenters. The third-order valence-electron chi connectivity index (χ3n) is 5.85.